The second-order valence-corrected chi connectivity index (χ2v) is 6.57. The molecule has 0 spiro atoms. The third-order valence-corrected chi connectivity index (χ3v) is 4.87. The van der Waals surface area contributed by atoms with E-state index in [0.29, 0.717) is 22.6 Å². The minimum atomic E-state index is -0.0441. The van der Waals surface area contributed by atoms with Gasteiger partial charge in [-0.05, 0) is 15.9 Å². The van der Waals surface area contributed by atoms with Crippen molar-refractivity contribution < 1.29 is 9.32 Å². The van der Waals surface area contributed by atoms with Gasteiger partial charge in [0.15, 0.2) is 11.5 Å². The molecule has 0 N–H and O–H groups in total. The fourth-order valence-electron chi connectivity index (χ4n) is 2.85. The first-order valence-corrected chi connectivity index (χ1v) is 8.95. The molecule has 1 aromatic heterocycles. The van der Waals surface area contributed by atoms with E-state index in [1.54, 1.807) is 0 Å². The summed E-state index contributed by atoms with van der Waals surface area (Å²) in [6.07, 6.45) is 0. The molecule has 3 aromatic carbocycles. The molecular formula is C22H14BrNO2. The van der Waals surface area contributed by atoms with Crippen LogP contribution in [0.5, 0.6) is 0 Å². The maximum Gasteiger partial charge on any atom is 0.193 e. The van der Waals surface area contributed by atoms with Gasteiger partial charge in [-0.3, -0.25) is 4.79 Å². The van der Waals surface area contributed by atoms with E-state index in [9.17, 15) is 4.79 Å². The molecule has 0 unspecified atom stereocenters. The van der Waals surface area contributed by atoms with Crippen LogP contribution in [-0.4, -0.2) is 10.9 Å². The number of hydrogen-bond donors (Lipinski definition) is 0. The van der Waals surface area contributed by atoms with Crippen molar-refractivity contribution in [2.75, 3.05) is 0 Å². The average Bonchev–Trinajstić information content (AvgIpc) is 3.10. The van der Waals surface area contributed by atoms with Crippen LogP contribution >= 0.6 is 15.9 Å². The Hall–Kier alpha value is -2.98. The van der Waals surface area contributed by atoms with Crippen molar-refractivity contribution in [1.82, 2.24) is 5.16 Å². The maximum atomic E-state index is 13.0. The second kappa shape index (κ2) is 7.10. The minimum Gasteiger partial charge on any atom is -0.354 e. The highest BCUT2D eigenvalue weighted by Gasteiger charge is 2.21. The van der Waals surface area contributed by atoms with Crippen LogP contribution in [0, 0.1) is 0 Å². The molecule has 3 nitrogen and oxygen atoms in total. The van der Waals surface area contributed by atoms with Crippen LogP contribution < -0.4 is 0 Å². The van der Waals surface area contributed by atoms with Gasteiger partial charge in [0, 0.05) is 22.3 Å². The van der Waals surface area contributed by atoms with Gasteiger partial charge in [-0.1, -0.05) is 90.1 Å². The van der Waals surface area contributed by atoms with Crippen molar-refractivity contribution in [3.05, 3.63) is 101 Å². The van der Waals surface area contributed by atoms with Gasteiger partial charge in [-0.15, -0.1) is 0 Å². The standard InChI is InChI=1S/C22H14BrNO2/c23-19-20(24-26-22(19)16-11-5-2-6-12-16)17-13-7-8-14-18(17)21(25)15-9-3-1-4-10-15/h1-14H. The minimum absolute atomic E-state index is 0.0441. The summed E-state index contributed by atoms with van der Waals surface area (Å²) >= 11 is 3.60. The number of hydrogen-bond acceptors (Lipinski definition) is 3. The van der Waals surface area contributed by atoms with E-state index in [4.69, 9.17) is 4.52 Å². The molecule has 0 saturated heterocycles. The van der Waals surface area contributed by atoms with Crippen LogP contribution in [0.1, 0.15) is 15.9 Å². The Morgan fingerprint density at radius 3 is 2.15 bits per heavy atom. The summed E-state index contributed by atoms with van der Waals surface area (Å²) in [5, 5.41) is 4.22. The molecule has 26 heavy (non-hydrogen) atoms. The lowest BCUT2D eigenvalue weighted by Gasteiger charge is -2.07. The Balaban J connectivity index is 1.81. The fraction of sp³-hybridized carbons (Fsp3) is 0. The lowest BCUT2D eigenvalue weighted by Crippen LogP contribution is -2.03. The molecule has 0 saturated carbocycles. The summed E-state index contributed by atoms with van der Waals surface area (Å²) < 4.78 is 6.30. The van der Waals surface area contributed by atoms with Gasteiger partial charge in [0.1, 0.15) is 5.69 Å². The van der Waals surface area contributed by atoms with Gasteiger partial charge >= 0.3 is 0 Å². The van der Waals surface area contributed by atoms with Gasteiger partial charge in [0.05, 0.1) is 4.47 Å². The first kappa shape index (κ1) is 16.5. The largest absolute Gasteiger partial charge is 0.354 e. The van der Waals surface area contributed by atoms with Crippen LogP contribution in [0.25, 0.3) is 22.6 Å². The zero-order valence-electron chi connectivity index (χ0n) is 13.7. The molecule has 1 heterocycles. The number of halogens is 1. The quantitative estimate of drug-likeness (QED) is 0.392. The highest BCUT2D eigenvalue weighted by Crippen LogP contribution is 2.38. The molecule has 0 aliphatic heterocycles. The van der Waals surface area contributed by atoms with E-state index in [2.05, 4.69) is 21.1 Å². The molecule has 126 valence electrons. The normalized spacial score (nSPS) is 10.7. The molecule has 4 rings (SSSR count). The summed E-state index contributed by atoms with van der Waals surface area (Å²) in [6, 6.07) is 26.4. The summed E-state index contributed by atoms with van der Waals surface area (Å²) in [6.45, 7) is 0. The summed E-state index contributed by atoms with van der Waals surface area (Å²) in [5.41, 5.74) is 3.50. The number of benzene rings is 3. The zero-order valence-corrected chi connectivity index (χ0v) is 15.3. The van der Waals surface area contributed by atoms with Crippen molar-refractivity contribution in [2.24, 2.45) is 0 Å². The van der Waals surface area contributed by atoms with E-state index >= 15 is 0 Å². The van der Waals surface area contributed by atoms with Crippen molar-refractivity contribution in [2.45, 2.75) is 0 Å². The molecule has 0 radical (unpaired) electrons. The van der Waals surface area contributed by atoms with Crippen LogP contribution in [0.3, 0.4) is 0 Å². The number of carbonyl (C=O) groups excluding carboxylic acids is 1. The van der Waals surface area contributed by atoms with Gasteiger partial charge in [-0.25, -0.2) is 0 Å². The molecular weight excluding hydrogens is 390 g/mol. The Morgan fingerprint density at radius 1 is 0.808 bits per heavy atom. The molecule has 4 heteroatoms. The first-order valence-electron chi connectivity index (χ1n) is 8.15. The smallest absolute Gasteiger partial charge is 0.193 e. The third-order valence-electron chi connectivity index (χ3n) is 4.13. The first-order chi connectivity index (χ1) is 12.8. The van der Waals surface area contributed by atoms with E-state index in [1.165, 1.54) is 0 Å². The van der Waals surface area contributed by atoms with Crippen LogP contribution in [0.2, 0.25) is 0 Å². The van der Waals surface area contributed by atoms with Crippen molar-refractivity contribution in [1.29, 1.82) is 0 Å². The SMILES string of the molecule is O=C(c1ccccc1)c1ccccc1-c1noc(-c2ccccc2)c1Br. The summed E-state index contributed by atoms with van der Waals surface area (Å²) in [7, 11) is 0. The topological polar surface area (TPSA) is 43.1 Å². The third kappa shape index (κ3) is 3.00. The lowest BCUT2D eigenvalue weighted by atomic mass is 9.96. The monoisotopic (exact) mass is 403 g/mol. The molecule has 0 bridgehead atoms. The van der Waals surface area contributed by atoms with Gasteiger partial charge in [0.2, 0.25) is 0 Å². The molecule has 0 aliphatic carbocycles. The Bertz CT molecular complexity index is 1060. The molecule has 0 amide bonds. The zero-order chi connectivity index (χ0) is 17.9. The summed E-state index contributed by atoms with van der Waals surface area (Å²) in [4.78, 5) is 13.0. The van der Waals surface area contributed by atoms with Gasteiger partial charge in [-0.2, -0.15) is 0 Å². The highest BCUT2D eigenvalue weighted by atomic mass is 79.9. The Labute approximate surface area is 159 Å². The predicted molar refractivity (Wildman–Crippen MR) is 105 cm³/mol. The van der Waals surface area contributed by atoms with E-state index in [1.807, 2.05) is 84.9 Å². The van der Waals surface area contributed by atoms with E-state index in [-0.39, 0.29) is 5.78 Å². The van der Waals surface area contributed by atoms with Crippen LogP contribution in [0.15, 0.2) is 93.9 Å². The number of rotatable bonds is 4. The average molecular weight is 404 g/mol. The van der Waals surface area contributed by atoms with E-state index in [0.717, 1.165) is 15.6 Å². The van der Waals surface area contributed by atoms with Crippen molar-refractivity contribution >= 4 is 21.7 Å². The molecule has 0 atom stereocenters. The van der Waals surface area contributed by atoms with Crippen molar-refractivity contribution in [3.8, 4) is 22.6 Å². The van der Waals surface area contributed by atoms with Gasteiger partial charge in [0.25, 0.3) is 0 Å². The second-order valence-electron chi connectivity index (χ2n) is 5.78. The van der Waals surface area contributed by atoms with Crippen molar-refractivity contribution in [3.63, 3.8) is 0 Å². The maximum absolute atomic E-state index is 13.0. The molecule has 4 aromatic rings. The number of ketones is 1. The Morgan fingerprint density at radius 2 is 1.42 bits per heavy atom. The van der Waals surface area contributed by atoms with Crippen LogP contribution in [-0.2, 0) is 0 Å². The van der Waals surface area contributed by atoms with Crippen LogP contribution in [0.4, 0.5) is 0 Å². The number of aromatic nitrogens is 1. The fourth-order valence-corrected chi connectivity index (χ4v) is 3.44. The van der Waals surface area contributed by atoms with Gasteiger partial charge < -0.3 is 4.52 Å². The number of carbonyl (C=O) groups is 1. The number of nitrogens with zero attached hydrogens (tertiary/aromatic N) is 1. The molecule has 0 aliphatic rings. The summed E-state index contributed by atoms with van der Waals surface area (Å²) in [5.74, 6) is 0.597. The lowest BCUT2D eigenvalue weighted by molar-refractivity contribution is 0.103. The molecule has 0 fully saturated rings. The highest BCUT2D eigenvalue weighted by molar-refractivity contribution is 9.10. The van der Waals surface area contributed by atoms with E-state index < -0.39 is 0 Å². The Kier molecular flexibility index (Phi) is 4.50. The predicted octanol–water partition coefficient (Wildman–Crippen LogP) is 6.00.